The van der Waals surface area contributed by atoms with Gasteiger partial charge in [-0.2, -0.15) is 0 Å². The molecule has 1 aliphatic carbocycles. The van der Waals surface area contributed by atoms with Crippen LogP contribution in [0.15, 0.2) is 36.4 Å². The van der Waals surface area contributed by atoms with E-state index in [0.717, 1.165) is 12.8 Å². The van der Waals surface area contributed by atoms with Crippen LogP contribution in [0.5, 0.6) is 0 Å². The Morgan fingerprint density at radius 1 is 1.21 bits per heavy atom. The monoisotopic (exact) mass is 330 g/mol. The van der Waals surface area contributed by atoms with Crippen molar-refractivity contribution in [3.63, 3.8) is 0 Å². The van der Waals surface area contributed by atoms with Crippen LogP contribution < -0.4 is 11.1 Å². The third kappa shape index (κ3) is 3.62. The van der Waals surface area contributed by atoms with Crippen molar-refractivity contribution in [2.75, 3.05) is 6.54 Å². The SMILES string of the molecule is Cc1cc(F)ccc1-c1ccc(C(=O)NCC(N)C2CC2)cc1F. The second-order valence-electron chi connectivity index (χ2n) is 6.37. The lowest BCUT2D eigenvalue weighted by Crippen LogP contribution is -2.38. The van der Waals surface area contributed by atoms with Crippen LogP contribution >= 0.6 is 0 Å². The number of carbonyl (C=O) groups is 1. The molecule has 0 bridgehead atoms. The highest BCUT2D eigenvalue weighted by atomic mass is 19.1. The van der Waals surface area contributed by atoms with E-state index < -0.39 is 5.82 Å². The van der Waals surface area contributed by atoms with Crippen molar-refractivity contribution in [2.24, 2.45) is 11.7 Å². The van der Waals surface area contributed by atoms with Crippen LogP contribution in [0, 0.1) is 24.5 Å². The van der Waals surface area contributed by atoms with Crippen LogP contribution in [-0.4, -0.2) is 18.5 Å². The van der Waals surface area contributed by atoms with E-state index in [1.165, 1.54) is 24.3 Å². The Balaban J connectivity index is 1.75. The second-order valence-corrected chi connectivity index (χ2v) is 6.37. The molecule has 1 aliphatic rings. The summed E-state index contributed by atoms with van der Waals surface area (Å²) in [7, 11) is 0. The first-order valence-corrected chi connectivity index (χ1v) is 8.05. The molecule has 1 saturated carbocycles. The minimum absolute atomic E-state index is 0.0417. The number of halogens is 2. The van der Waals surface area contributed by atoms with Crippen molar-refractivity contribution in [3.8, 4) is 11.1 Å². The average Bonchev–Trinajstić information content (AvgIpc) is 3.38. The minimum atomic E-state index is -0.510. The van der Waals surface area contributed by atoms with Crippen molar-refractivity contribution >= 4 is 5.91 Å². The van der Waals surface area contributed by atoms with Gasteiger partial charge in [0.2, 0.25) is 0 Å². The first-order valence-electron chi connectivity index (χ1n) is 8.05. The van der Waals surface area contributed by atoms with Crippen molar-refractivity contribution in [2.45, 2.75) is 25.8 Å². The third-order valence-electron chi connectivity index (χ3n) is 4.44. The molecule has 5 heteroatoms. The molecule has 126 valence electrons. The topological polar surface area (TPSA) is 55.1 Å². The summed E-state index contributed by atoms with van der Waals surface area (Å²) >= 11 is 0. The van der Waals surface area contributed by atoms with Crippen molar-refractivity contribution in [1.82, 2.24) is 5.32 Å². The van der Waals surface area contributed by atoms with Gasteiger partial charge < -0.3 is 11.1 Å². The van der Waals surface area contributed by atoms with E-state index in [0.29, 0.717) is 29.2 Å². The lowest BCUT2D eigenvalue weighted by atomic mass is 9.98. The molecule has 2 aromatic carbocycles. The summed E-state index contributed by atoms with van der Waals surface area (Å²) in [4.78, 5) is 12.1. The summed E-state index contributed by atoms with van der Waals surface area (Å²) < 4.78 is 27.6. The molecule has 1 unspecified atom stereocenters. The normalized spacial score (nSPS) is 15.2. The first-order chi connectivity index (χ1) is 11.5. The maximum atomic E-state index is 14.4. The van der Waals surface area contributed by atoms with Gasteiger partial charge in [0.1, 0.15) is 11.6 Å². The molecule has 3 rings (SSSR count). The van der Waals surface area contributed by atoms with Gasteiger partial charge in [-0.3, -0.25) is 4.79 Å². The molecule has 2 aromatic rings. The zero-order valence-electron chi connectivity index (χ0n) is 13.5. The molecule has 0 radical (unpaired) electrons. The molecule has 24 heavy (non-hydrogen) atoms. The van der Waals surface area contributed by atoms with Crippen molar-refractivity contribution in [1.29, 1.82) is 0 Å². The van der Waals surface area contributed by atoms with Crippen LogP contribution in [0.1, 0.15) is 28.8 Å². The van der Waals surface area contributed by atoms with E-state index in [1.54, 1.807) is 19.1 Å². The van der Waals surface area contributed by atoms with E-state index in [1.807, 2.05) is 0 Å². The molecule has 0 aromatic heterocycles. The number of amides is 1. The van der Waals surface area contributed by atoms with E-state index >= 15 is 0 Å². The zero-order valence-corrected chi connectivity index (χ0v) is 13.5. The molecule has 0 spiro atoms. The Bertz CT molecular complexity index is 772. The number of rotatable bonds is 5. The summed E-state index contributed by atoms with van der Waals surface area (Å²) in [6, 6.07) is 8.47. The predicted molar refractivity (Wildman–Crippen MR) is 89.6 cm³/mol. The molecule has 1 atom stereocenters. The Morgan fingerprint density at radius 3 is 2.54 bits per heavy atom. The van der Waals surface area contributed by atoms with Gasteiger partial charge in [0.15, 0.2) is 0 Å². The van der Waals surface area contributed by atoms with Crippen LogP contribution in [0.2, 0.25) is 0 Å². The Kier molecular flexibility index (Phi) is 4.62. The molecule has 1 amide bonds. The number of aryl methyl sites for hydroxylation is 1. The average molecular weight is 330 g/mol. The van der Waals surface area contributed by atoms with Crippen molar-refractivity contribution in [3.05, 3.63) is 59.2 Å². The Hall–Kier alpha value is -2.27. The molecular formula is C19H20F2N2O. The van der Waals surface area contributed by atoms with Crippen LogP contribution in [-0.2, 0) is 0 Å². The van der Waals surface area contributed by atoms with Crippen molar-refractivity contribution < 1.29 is 13.6 Å². The van der Waals surface area contributed by atoms with E-state index in [4.69, 9.17) is 5.73 Å². The fraction of sp³-hybridized carbons (Fsp3) is 0.316. The van der Waals surface area contributed by atoms with Gasteiger partial charge >= 0.3 is 0 Å². The maximum Gasteiger partial charge on any atom is 0.251 e. The molecule has 0 saturated heterocycles. The number of hydrogen-bond donors (Lipinski definition) is 2. The molecule has 1 fully saturated rings. The van der Waals surface area contributed by atoms with Gasteiger partial charge in [-0.15, -0.1) is 0 Å². The fourth-order valence-electron chi connectivity index (χ4n) is 2.81. The molecule has 3 nitrogen and oxygen atoms in total. The first kappa shape index (κ1) is 16.6. The summed E-state index contributed by atoms with van der Waals surface area (Å²) in [5.41, 5.74) is 7.79. The summed E-state index contributed by atoms with van der Waals surface area (Å²) in [6.07, 6.45) is 2.22. The number of nitrogens with two attached hydrogens (primary N) is 1. The highest BCUT2D eigenvalue weighted by molar-refractivity contribution is 5.94. The summed E-state index contributed by atoms with van der Waals surface area (Å²) in [5, 5.41) is 2.75. The van der Waals surface area contributed by atoms with Crippen LogP contribution in [0.25, 0.3) is 11.1 Å². The second kappa shape index (κ2) is 6.69. The van der Waals surface area contributed by atoms with Gasteiger partial charge in [-0.05, 0) is 61.1 Å². The third-order valence-corrected chi connectivity index (χ3v) is 4.44. The maximum absolute atomic E-state index is 14.4. The highest BCUT2D eigenvalue weighted by Crippen LogP contribution is 2.31. The Labute approximate surface area is 139 Å². The van der Waals surface area contributed by atoms with Gasteiger partial charge in [0, 0.05) is 23.7 Å². The molecular weight excluding hydrogens is 310 g/mol. The van der Waals surface area contributed by atoms with E-state index in [2.05, 4.69) is 5.32 Å². The Morgan fingerprint density at radius 2 is 1.92 bits per heavy atom. The van der Waals surface area contributed by atoms with Gasteiger partial charge in [-0.25, -0.2) is 8.78 Å². The van der Waals surface area contributed by atoms with E-state index in [-0.39, 0.29) is 23.3 Å². The standard InChI is InChI=1S/C19H20F2N2O/c1-11-8-14(20)5-7-15(11)16-6-4-13(9-17(16)21)19(24)23-10-18(22)12-2-3-12/h4-9,12,18H,2-3,10,22H2,1H3,(H,23,24). The lowest BCUT2D eigenvalue weighted by molar-refractivity contribution is 0.0950. The highest BCUT2D eigenvalue weighted by Gasteiger charge is 2.28. The predicted octanol–water partition coefficient (Wildman–Crippen LogP) is 3.41. The number of carbonyl (C=O) groups excluding carboxylic acids is 1. The molecule has 0 aliphatic heterocycles. The molecule has 3 N–H and O–H groups in total. The quantitative estimate of drug-likeness (QED) is 0.883. The van der Waals surface area contributed by atoms with Gasteiger partial charge in [-0.1, -0.05) is 12.1 Å². The number of hydrogen-bond acceptors (Lipinski definition) is 2. The van der Waals surface area contributed by atoms with Gasteiger partial charge in [0.25, 0.3) is 5.91 Å². The molecule has 0 heterocycles. The fourth-order valence-corrected chi connectivity index (χ4v) is 2.81. The number of benzene rings is 2. The zero-order chi connectivity index (χ0) is 17.3. The van der Waals surface area contributed by atoms with E-state index in [9.17, 15) is 13.6 Å². The number of nitrogens with one attached hydrogen (secondary N) is 1. The van der Waals surface area contributed by atoms with Crippen LogP contribution in [0.4, 0.5) is 8.78 Å². The summed E-state index contributed by atoms with van der Waals surface area (Å²) in [6.45, 7) is 2.11. The van der Waals surface area contributed by atoms with Gasteiger partial charge in [0.05, 0.1) is 0 Å². The smallest absolute Gasteiger partial charge is 0.251 e. The summed E-state index contributed by atoms with van der Waals surface area (Å²) in [5.74, 6) is -0.721. The largest absolute Gasteiger partial charge is 0.350 e. The lowest BCUT2D eigenvalue weighted by Gasteiger charge is -2.12. The minimum Gasteiger partial charge on any atom is -0.350 e. The van der Waals surface area contributed by atoms with Crippen LogP contribution in [0.3, 0.4) is 0 Å².